The second-order valence-electron chi connectivity index (χ2n) is 6.70. The van der Waals surface area contributed by atoms with Crippen molar-refractivity contribution < 1.29 is 0 Å². The number of aryl methyl sites for hydroxylation is 2. The summed E-state index contributed by atoms with van der Waals surface area (Å²) < 4.78 is 2.19. The van der Waals surface area contributed by atoms with Crippen LogP contribution in [0.25, 0.3) is 8.96 Å². The second-order valence-corrected chi connectivity index (χ2v) is 8.41. The molecule has 0 bridgehead atoms. The van der Waals surface area contributed by atoms with Crippen LogP contribution in [0.4, 0.5) is 0 Å². The molecule has 2 heteroatoms. The molecule has 1 atom stereocenters. The number of benzene rings is 3. The molecule has 0 aliphatic rings. The lowest BCUT2D eigenvalue weighted by molar-refractivity contribution is 1.09. The van der Waals surface area contributed by atoms with Gasteiger partial charge in [0.05, 0.1) is 0 Å². The van der Waals surface area contributed by atoms with Gasteiger partial charge in [0, 0.05) is 14.9 Å². The van der Waals surface area contributed by atoms with Crippen LogP contribution in [0.15, 0.2) is 91.0 Å². The van der Waals surface area contributed by atoms with Crippen LogP contribution in [0.3, 0.4) is 0 Å². The molecule has 0 spiro atoms. The summed E-state index contributed by atoms with van der Waals surface area (Å²) in [5, 5.41) is 0. The average molecular weight is 482 g/mol. The fourth-order valence-electron chi connectivity index (χ4n) is 2.85. The van der Waals surface area contributed by atoms with Gasteiger partial charge < -0.3 is 0 Å². The van der Waals surface area contributed by atoms with Gasteiger partial charge in [0.2, 0.25) is 0 Å². The maximum absolute atomic E-state index is 3.78. The summed E-state index contributed by atoms with van der Waals surface area (Å²) in [6, 6.07) is 27.7. The summed E-state index contributed by atoms with van der Waals surface area (Å²) in [5.41, 5.74) is 6.15. The first kappa shape index (κ1) is 19.9. The van der Waals surface area contributed by atoms with Crippen molar-refractivity contribution in [1.29, 1.82) is 0 Å². The SMILES string of the molecule is Cc1ccc(/C(Br)=C/C(/C=C(/Br)c2ccc(C)cc2)c2ccccc2)cc1. The van der Waals surface area contributed by atoms with Crippen LogP contribution in [0.2, 0.25) is 0 Å². The van der Waals surface area contributed by atoms with Crippen molar-refractivity contribution in [3.63, 3.8) is 0 Å². The highest BCUT2D eigenvalue weighted by molar-refractivity contribution is 9.15. The van der Waals surface area contributed by atoms with Crippen molar-refractivity contribution in [2.75, 3.05) is 0 Å². The normalized spacial score (nSPS) is 13.5. The molecule has 0 amide bonds. The van der Waals surface area contributed by atoms with Gasteiger partial charge in [0.1, 0.15) is 0 Å². The Bertz CT molecular complexity index is 872. The molecule has 1 unspecified atom stereocenters. The van der Waals surface area contributed by atoms with Gasteiger partial charge in [-0.05, 0) is 30.5 Å². The molecule has 3 rings (SSSR count). The lowest BCUT2D eigenvalue weighted by Crippen LogP contribution is -1.93. The van der Waals surface area contributed by atoms with E-state index in [1.807, 2.05) is 0 Å². The van der Waals surface area contributed by atoms with E-state index in [1.165, 1.54) is 27.8 Å². The fourth-order valence-corrected chi connectivity index (χ4v) is 3.95. The first-order valence-electron chi connectivity index (χ1n) is 8.96. The summed E-state index contributed by atoms with van der Waals surface area (Å²) in [7, 11) is 0. The number of hydrogen-bond acceptors (Lipinski definition) is 0. The zero-order valence-electron chi connectivity index (χ0n) is 15.5. The minimum atomic E-state index is 0.151. The van der Waals surface area contributed by atoms with Crippen LogP contribution in [0.5, 0.6) is 0 Å². The Kier molecular flexibility index (Phi) is 6.87. The first-order chi connectivity index (χ1) is 13.0. The number of halogens is 2. The van der Waals surface area contributed by atoms with Crippen LogP contribution in [-0.2, 0) is 0 Å². The van der Waals surface area contributed by atoms with Crippen molar-refractivity contribution in [1.82, 2.24) is 0 Å². The monoisotopic (exact) mass is 480 g/mol. The molecule has 0 saturated heterocycles. The molecule has 0 nitrogen and oxygen atoms in total. The zero-order valence-corrected chi connectivity index (χ0v) is 18.7. The van der Waals surface area contributed by atoms with Crippen LogP contribution in [-0.4, -0.2) is 0 Å². The lowest BCUT2D eigenvalue weighted by Gasteiger charge is -2.12. The van der Waals surface area contributed by atoms with Gasteiger partial charge >= 0.3 is 0 Å². The predicted octanol–water partition coefficient (Wildman–Crippen LogP) is 8.26. The van der Waals surface area contributed by atoms with Gasteiger partial charge in [-0.2, -0.15) is 0 Å². The summed E-state index contributed by atoms with van der Waals surface area (Å²) >= 11 is 7.56. The molecule has 0 saturated carbocycles. The molecule has 0 aliphatic heterocycles. The fraction of sp³-hybridized carbons (Fsp3) is 0.120. The van der Waals surface area contributed by atoms with Crippen LogP contribution in [0.1, 0.15) is 33.7 Å². The van der Waals surface area contributed by atoms with E-state index >= 15 is 0 Å². The Morgan fingerprint density at radius 2 is 1.04 bits per heavy atom. The highest BCUT2D eigenvalue weighted by atomic mass is 79.9. The molecule has 0 aromatic heterocycles. The van der Waals surface area contributed by atoms with Crippen molar-refractivity contribution in [3.8, 4) is 0 Å². The van der Waals surface area contributed by atoms with E-state index in [4.69, 9.17) is 0 Å². The molecule has 0 heterocycles. The van der Waals surface area contributed by atoms with Gasteiger partial charge in [0.15, 0.2) is 0 Å². The van der Waals surface area contributed by atoms with Crippen LogP contribution < -0.4 is 0 Å². The Morgan fingerprint density at radius 3 is 1.44 bits per heavy atom. The Balaban J connectivity index is 1.98. The van der Waals surface area contributed by atoms with E-state index in [9.17, 15) is 0 Å². The Hall–Kier alpha value is -1.90. The standard InChI is InChI=1S/C25H22Br2/c1-18-8-12-21(13-9-18)24(26)16-23(20-6-4-3-5-7-20)17-25(27)22-14-10-19(2)11-15-22/h3-17,23H,1-2H3/b24-16-,25-17+. The van der Waals surface area contributed by atoms with E-state index in [0.717, 1.165) is 8.96 Å². The largest absolute Gasteiger partial charge is 0.0622 e. The molecule has 27 heavy (non-hydrogen) atoms. The third kappa shape index (κ3) is 5.54. The highest BCUT2D eigenvalue weighted by Gasteiger charge is 2.10. The van der Waals surface area contributed by atoms with E-state index in [0.29, 0.717) is 0 Å². The maximum Gasteiger partial charge on any atom is 0.0226 e. The van der Waals surface area contributed by atoms with Crippen LogP contribution >= 0.6 is 31.9 Å². The van der Waals surface area contributed by atoms with Crippen molar-refractivity contribution in [2.45, 2.75) is 19.8 Å². The molecule has 136 valence electrons. The summed E-state index contributed by atoms with van der Waals surface area (Å²) in [6.07, 6.45) is 4.52. The summed E-state index contributed by atoms with van der Waals surface area (Å²) in [4.78, 5) is 0. The summed E-state index contributed by atoms with van der Waals surface area (Å²) in [6.45, 7) is 4.21. The van der Waals surface area contributed by atoms with Gasteiger partial charge in [-0.3, -0.25) is 0 Å². The van der Waals surface area contributed by atoms with Gasteiger partial charge in [-0.25, -0.2) is 0 Å². The molecule has 0 aliphatic carbocycles. The molecule has 0 N–H and O–H groups in total. The van der Waals surface area contributed by atoms with Gasteiger partial charge in [-0.15, -0.1) is 0 Å². The average Bonchev–Trinajstić information content (AvgIpc) is 2.69. The Morgan fingerprint density at radius 1 is 0.630 bits per heavy atom. The third-order valence-electron chi connectivity index (χ3n) is 4.49. The molecular formula is C25H22Br2. The van der Waals surface area contributed by atoms with E-state index < -0.39 is 0 Å². The maximum atomic E-state index is 3.78. The smallest absolute Gasteiger partial charge is 0.0226 e. The van der Waals surface area contributed by atoms with Crippen molar-refractivity contribution >= 4 is 40.8 Å². The van der Waals surface area contributed by atoms with E-state index in [-0.39, 0.29) is 5.92 Å². The molecule has 0 fully saturated rings. The topological polar surface area (TPSA) is 0 Å². The molecule has 3 aromatic rings. The first-order valence-corrected chi connectivity index (χ1v) is 10.6. The van der Waals surface area contributed by atoms with Gasteiger partial charge in [-0.1, -0.05) is 134 Å². The van der Waals surface area contributed by atoms with E-state index in [1.54, 1.807) is 0 Å². The van der Waals surface area contributed by atoms with E-state index in [2.05, 4.69) is 137 Å². The summed E-state index contributed by atoms with van der Waals surface area (Å²) in [5.74, 6) is 0.151. The predicted molar refractivity (Wildman–Crippen MR) is 125 cm³/mol. The number of hydrogen-bond donors (Lipinski definition) is 0. The highest BCUT2D eigenvalue weighted by Crippen LogP contribution is 2.32. The van der Waals surface area contributed by atoms with Crippen LogP contribution in [0, 0.1) is 13.8 Å². The molecule has 0 radical (unpaired) electrons. The molecule has 3 aromatic carbocycles. The minimum absolute atomic E-state index is 0.151. The quantitative estimate of drug-likeness (QED) is 0.344. The second kappa shape index (κ2) is 9.34. The lowest BCUT2D eigenvalue weighted by atomic mass is 9.96. The number of allylic oxidation sites excluding steroid dienone is 2. The zero-order chi connectivity index (χ0) is 19.2. The van der Waals surface area contributed by atoms with Crippen molar-refractivity contribution in [3.05, 3.63) is 119 Å². The molecular weight excluding hydrogens is 460 g/mol. The third-order valence-corrected chi connectivity index (χ3v) is 5.94. The minimum Gasteiger partial charge on any atom is -0.0622 e. The number of rotatable bonds is 5. The van der Waals surface area contributed by atoms with Crippen molar-refractivity contribution in [2.24, 2.45) is 0 Å². The van der Waals surface area contributed by atoms with Gasteiger partial charge in [0.25, 0.3) is 0 Å². The Labute approximate surface area is 178 Å².